The second kappa shape index (κ2) is 4.25. The molecule has 6 nitrogen and oxygen atoms in total. The van der Waals surface area contributed by atoms with Gasteiger partial charge in [-0.1, -0.05) is 0 Å². The number of amides is 2. The number of fused-ring (bicyclic) bond motifs is 1. The molecule has 86 valence electrons. The summed E-state index contributed by atoms with van der Waals surface area (Å²) in [5.74, 6) is -1.05. The molecule has 1 aromatic carbocycles. The fraction of sp³-hybridized carbons (Fsp3) is 0.182. The molecule has 0 fully saturated rings. The number of anilines is 1. The molecule has 0 atom stereocenters. The molecule has 1 aliphatic heterocycles. The number of benzene rings is 1. The summed E-state index contributed by atoms with van der Waals surface area (Å²) in [5.41, 5.74) is 1.29. The Kier molecular flexibility index (Phi) is 2.78. The third kappa shape index (κ3) is 2.41. The molecule has 0 spiro atoms. The van der Waals surface area contributed by atoms with Crippen molar-refractivity contribution in [2.24, 2.45) is 10.2 Å². The molecule has 0 radical (unpaired) electrons. The van der Waals surface area contributed by atoms with E-state index in [1.54, 1.807) is 12.1 Å². The molecule has 0 saturated heterocycles. The van der Waals surface area contributed by atoms with Gasteiger partial charge in [0.25, 0.3) is 5.91 Å². The molecule has 6 heteroatoms. The van der Waals surface area contributed by atoms with Crippen molar-refractivity contribution in [3.63, 3.8) is 0 Å². The third-order valence-electron chi connectivity index (χ3n) is 2.17. The predicted octanol–water partition coefficient (Wildman–Crippen LogP) is 1.84. The summed E-state index contributed by atoms with van der Waals surface area (Å²) in [6.45, 7) is 1.34. The second-order valence-corrected chi connectivity index (χ2v) is 3.66. The van der Waals surface area contributed by atoms with E-state index in [0.717, 1.165) is 0 Å². The summed E-state index contributed by atoms with van der Waals surface area (Å²) in [6, 6.07) is 4.69. The van der Waals surface area contributed by atoms with Crippen LogP contribution in [-0.2, 0) is 9.59 Å². The van der Waals surface area contributed by atoms with E-state index in [4.69, 9.17) is 0 Å². The summed E-state index contributed by atoms with van der Waals surface area (Å²) >= 11 is 0. The van der Waals surface area contributed by atoms with Crippen LogP contribution in [0.2, 0.25) is 0 Å². The van der Waals surface area contributed by atoms with Crippen LogP contribution < -0.4 is 5.32 Å². The average Bonchev–Trinajstić information content (AvgIpc) is 2.59. The number of ketones is 1. The van der Waals surface area contributed by atoms with Gasteiger partial charge in [0.1, 0.15) is 5.78 Å². The normalized spacial score (nSPS) is 12.4. The van der Waals surface area contributed by atoms with Gasteiger partial charge in [-0.25, -0.2) is 0 Å². The largest absolute Gasteiger partial charge is 0.326 e. The van der Waals surface area contributed by atoms with Crippen molar-refractivity contribution >= 4 is 29.0 Å². The second-order valence-electron chi connectivity index (χ2n) is 3.66. The summed E-state index contributed by atoms with van der Waals surface area (Å²) in [4.78, 5) is 33.3. The minimum absolute atomic E-state index is 0.181. The Morgan fingerprint density at radius 2 is 2.06 bits per heavy atom. The lowest BCUT2D eigenvalue weighted by Crippen LogP contribution is -2.14. The number of carbonyl (C=O) groups is 3. The van der Waals surface area contributed by atoms with Crippen molar-refractivity contribution in [2.75, 3.05) is 5.32 Å². The zero-order valence-corrected chi connectivity index (χ0v) is 9.06. The molecule has 1 N–H and O–H groups in total. The first-order valence-corrected chi connectivity index (χ1v) is 4.95. The molecule has 2 amide bonds. The predicted molar refractivity (Wildman–Crippen MR) is 59.2 cm³/mol. The van der Waals surface area contributed by atoms with E-state index >= 15 is 0 Å². The van der Waals surface area contributed by atoms with Gasteiger partial charge in [-0.05, 0) is 25.1 Å². The number of nitrogens with zero attached hydrogens (tertiary/aromatic N) is 2. The van der Waals surface area contributed by atoms with Crippen LogP contribution in [-0.4, -0.2) is 17.6 Å². The third-order valence-corrected chi connectivity index (χ3v) is 2.17. The zero-order chi connectivity index (χ0) is 12.4. The first-order valence-electron chi connectivity index (χ1n) is 4.95. The van der Waals surface area contributed by atoms with Crippen molar-refractivity contribution < 1.29 is 14.4 Å². The monoisotopic (exact) mass is 231 g/mol. The first kappa shape index (κ1) is 11.1. The smallest absolute Gasteiger partial charge is 0.297 e. The van der Waals surface area contributed by atoms with E-state index in [-0.39, 0.29) is 12.2 Å². The Morgan fingerprint density at radius 3 is 2.76 bits per heavy atom. The van der Waals surface area contributed by atoms with Gasteiger partial charge in [-0.2, -0.15) is 0 Å². The maximum absolute atomic E-state index is 11.3. The Balaban J connectivity index is 2.14. The molecule has 0 aliphatic carbocycles. The number of hydrogen-bond donors (Lipinski definition) is 1. The number of hydrogen-bond acceptors (Lipinski definition) is 4. The van der Waals surface area contributed by atoms with Gasteiger partial charge in [0.05, 0.1) is 17.7 Å². The van der Waals surface area contributed by atoms with Gasteiger partial charge in [-0.15, -0.1) is 10.2 Å². The van der Waals surface area contributed by atoms with Crippen LogP contribution in [0.4, 0.5) is 11.4 Å². The minimum Gasteiger partial charge on any atom is -0.326 e. The van der Waals surface area contributed by atoms with Crippen molar-refractivity contribution in [1.29, 1.82) is 0 Å². The van der Waals surface area contributed by atoms with Gasteiger partial charge < -0.3 is 5.32 Å². The highest BCUT2D eigenvalue weighted by molar-refractivity contribution is 6.06. The summed E-state index contributed by atoms with van der Waals surface area (Å²) < 4.78 is 0. The van der Waals surface area contributed by atoms with Gasteiger partial charge >= 0.3 is 0 Å². The van der Waals surface area contributed by atoms with Crippen molar-refractivity contribution in [3.05, 3.63) is 23.8 Å². The molecule has 17 heavy (non-hydrogen) atoms. The van der Waals surface area contributed by atoms with Crippen LogP contribution in [0.3, 0.4) is 0 Å². The molecule has 0 unspecified atom stereocenters. The van der Waals surface area contributed by atoms with E-state index in [1.807, 2.05) is 0 Å². The Labute approximate surface area is 96.7 Å². The molecule has 0 saturated carbocycles. The molecule has 2 rings (SSSR count). The van der Waals surface area contributed by atoms with Crippen LogP contribution >= 0.6 is 0 Å². The molecule has 1 heterocycles. The SMILES string of the molecule is CC(=O)CC(=O)Nc1ccc2c(c1)C(=O)N=N2. The number of azo groups is 1. The minimum atomic E-state index is -0.428. The quantitative estimate of drug-likeness (QED) is 0.805. The van der Waals surface area contributed by atoms with Gasteiger partial charge in [0, 0.05) is 5.69 Å². The Morgan fingerprint density at radius 1 is 1.29 bits per heavy atom. The maximum Gasteiger partial charge on any atom is 0.297 e. The van der Waals surface area contributed by atoms with Crippen LogP contribution in [0, 0.1) is 0 Å². The summed E-state index contributed by atoms with van der Waals surface area (Å²) in [5, 5.41) is 9.58. The topological polar surface area (TPSA) is 88.0 Å². The van der Waals surface area contributed by atoms with Crippen LogP contribution in [0.1, 0.15) is 23.7 Å². The Hall–Kier alpha value is -2.37. The Bertz CT molecular complexity index is 549. The van der Waals surface area contributed by atoms with E-state index in [0.29, 0.717) is 16.9 Å². The van der Waals surface area contributed by atoms with E-state index < -0.39 is 11.8 Å². The van der Waals surface area contributed by atoms with Crippen molar-refractivity contribution in [1.82, 2.24) is 0 Å². The lowest BCUT2D eigenvalue weighted by molar-refractivity contribution is -0.124. The highest BCUT2D eigenvalue weighted by atomic mass is 16.2. The zero-order valence-electron chi connectivity index (χ0n) is 9.06. The fourth-order valence-electron chi connectivity index (χ4n) is 1.46. The van der Waals surface area contributed by atoms with E-state index in [9.17, 15) is 14.4 Å². The molecule has 1 aromatic rings. The van der Waals surface area contributed by atoms with Crippen molar-refractivity contribution in [3.8, 4) is 0 Å². The molecular formula is C11H9N3O3. The maximum atomic E-state index is 11.3. The number of Topliss-reactive ketones (excluding diaryl/α,β-unsaturated/α-hetero) is 1. The fourth-order valence-corrected chi connectivity index (χ4v) is 1.46. The molecular weight excluding hydrogens is 222 g/mol. The molecule has 1 aliphatic rings. The van der Waals surface area contributed by atoms with E-state index in [2.05, 4.69) is 15.5 Å². The van der Waals surface area contributed by atoms with Gasteiger partial charge in [0.2, 0.25) is 5.91 Å². The highest BCUT2D eigenvalue weighted by Gasteiger charge is 2.18. The van der Waals surface area contributed by atoms with Crippen LogP contribution in [0.5, 0.6) is 0 Å². The van der Waals surface area contributed by atoms with E-state index in [1.165, 1.54) is 13.0 Å². The summed E-state index contributed by atoms with van der Waals surface area (Å²) in [6.07, 6.45) is -0.181. The van der Waals surface area contributed by atoms with Crippen LogP contribution in [0.25, 0.3) is 0 Å². The van der Waals surface area contributed by atoms with Crippen molar-refractivity contribution in [2.45, 2.75) is 13.3 Å². The van der Waals surface area contributed by atoms with Gasteiger partial charge in [0.15, 0.2) is 0 Å². The number of rotatable bonds is 3. The standard InChI is InChI=1S/C11H9N3O3/c1-6(15)4-10(16)12-7-2-3-9-8(5-7)11(17)14-13-9/h2-3,5H,4H2,1H3,(H,12,16). The molecule has 0 bridgehead atoms. The number of carbonyl (C=O) groups excluding carboxylic acids is 3. The first-order chi connectivity index (χ1) is 8.06. The van der Waals surface area contributed by atoms with Crippen LogP contribution in [0.15, 0.2) is 28.4 Å². The van der Waals surface area contributed by atoms with Gasteiger partial charge in [-0.3, -0.25) is 14.4 Å². The number of nitrogens with one attached hydrogen (secondary N) is 1. The lowest BCUT2D eigenvalue weighted by atomic mass is 10.1. The lowest BCUT2D eigenvalue weighted by Gasteiger charge is -2.04. The summed E-state index contributed by atoms with van der Waals surface area (Å²) in [7, 11) is 0. The average molecular weight is 231 g/mol. The highest BCUT2D eigenvalue weighted by Crippen LogP contribution is 2.29. The molecule has 0 aromatic heterocycles.